The molecule has 4 fully saturated rings. The lowest BCUT2D eigenvalue weighted by atomic mass is 9.83. The van der Waals surface area contributed by atoms with Crippen LogP contribution in [-0.4, -0.2) is 121 Å². The van der Waals surface area contributed by atoms with Crippen LogP contribution in [0.4, 0.5) is 0 Å². The minimum Gasteiger partial charge on any atom is -0.388 e. The van der Waals surface area contributed by atoms with Crippen molar-refractivity contribution in [1.82, 2.24) is 10.6 Å². The molecule has 11 N–H and O–H groups in total. The van der Waals surface area contributed by atoms with Gasteiger partial charge in [0.05, 0.1) is 25.2 Å². The molecule has 3 saturated heterocycles. The summed E-state index contributed by atoms with van der Waals surface area (Å²) in [5, 5.41) is 38.9. The summed E-state index contributed by atoms with van der Waals surface area (Å²) in [6, 6.07) is -2.02. The molecule has 0 radical (unpaired) electrons. The van der Waals surface area contributed by atoms with Gasteiger partial charge in [-0.1, -0.05) is 6.92 Å². The van der Waals surface area contributed by atoms with Gasteiger partial charge in [-0.05, 0) is 33.4 Å². The van der Waals surface area contributed by atoms with E-state index in [2.05, 4.69) is 10.6 Å². The third kappa shape index (κ3) is 4.87. The molecule has 0 amide bonds. The molecule has 13 nitrogen and oxygen atoms in total. The molecule has 13 atom stereocenters. The number of nitrogens with two attached hydrogens (primary N) is 3. The van der Waals surface area contributed by atoms with Crippen molar-refractivity contribution in [1.29, 1.82) is 0 Å². The van der Waals surface area contributed by atoms with E-state index in [1.165, 1.54) is 0 Å². The lowest BCUT2D eigenvalue weighted by Gasteiger charge is -2.49. The van der Waals surface area contributed by atoms with Crippen molar-refractivity contribution in [3.63, 3.8) is 0 Å². The van der Waals surface area contributed by atoms with E-state index in [0.717, 1.165) is 0 Å². The molecule has 198 valence electrons. The topological polar surface area (TPSA) is 212 Å². The van der Waals surface area contributed by atoms with Crippen LogP contribution in [0.15, 0.2) is 0 Å². The van der Waals surface area contributed by atoms with Gasteiger partial charge in [0.1, 0.15) is 36.1 Å². The third-order valence-electron chi connectivity index (χ3n) is 7.42. The first-order valence-corrected chi connectivity index (χ1v) is 12.1. The Labute approximate surface area is 199 Å². The van der Waals surface area contributed by atoms with Crippen molar-refractivity contribution in [2.45, 2.75) is 105 Å². The summed E-state index contributed by atoms with van der Waals surface area (Å²) in [6.07, 6.45) is -5.18. The molecule has 4 aliphatic rings. The summed E-state index contributed by atoms with van der Waals surface area (Å²) in [5.74, 6) is -0.897. The quantitative estimate of drug-likeness (QED) is 0.152. The fraction of sp³-hybridized carbons (Fsp3) is 1.00. The second-order valence-electron chi connectivity index (χ2n) is 10.1. The third-order valence-corrected chi connectivity index (χ3v) is 7.42. The Morgan fingerprint density at radius 3 is 2.38 bits per heavy atom. The SMILES string of the molecule is CCN[C@@H]1C[C@H](N)[C@@H](O[C@H]2OC3(CN)OC3C[C@H]2N)[C@H](O)[C@H]1O[C@H]1OC[C@](C)(O)[C@H](NC)[C@H]1O. The summed E-state index contributed by atoms with van der Waals surface area (Å²) in [6.45, 7) is 4.24. The maximum absolute atomic E-state index is 11.3. The van der Waals surface area contributed by atoms with Crippen LogP contribution in [0.3, 0.4) is 0 Å². The van der Waals surface area contributed by atoms with Crippen LogP contribution in [-0.2, 0) is 23.7 Å². The van der Waals surface area contributed by atoms with Crippen molar-refractivity contribution in [2.24, 2.45) is 17.2 Å². The van der Waals surface area contributed by atoms with Gasteiger partial charge >= 0.3 is 0 Å². The second-order valence-corrected chi connectivity index (χ2v) is 10.1. The maximum Gasteiger partial charge on any atom is 0.210 e. The van der Waals surface area contributed by atoms with Crippen LogP contribution in [0.2, 0.25) is 0 Å². The maximum atomic E-state index is 11.3. The number of ether oxygens (including phenoxy) is 5. The summed E-state index contributed by atoms with van der Waals surface area (Å²) in [7, 11) is 1.64. The molecule has 0 aromatic heterocycles. The van der Waals surface area contributed by atoms with E-state index in [1.807, 2.05) is 6.92 Å². The molecule has 2 unspecified atom stereocenters. The van der Waals surface area contributed by atoms with E-state index in [4.69, 9.17) is 40.9 Å². The fourth-order valence-electron chi connectivity index (χ4n) is 5.47. The van der Waals surface area contributed by atoms with Gasteiger partial charge in [0.25, 0.3) is 0 Å². The number of aliphatic hydroxyl groups excluding tert-OH is 2. The number of aliphatic hydroxyl groups is 3. The molecular weight excluding hydrogens is 450 g/mol. The van der Waals surface area contributed by atoms with Crippen LogP contribution in [0.5, 0.6) is 0 Å². The van der Waals surface area contributed by atoms with Crippen molar-refractivity contribution in [2.75, 3.05) is 26.7 Å². The first kappa shape index (κ1) is 26.5. The van der Waals surface area contributed by atoms with Gasteiger partial charge in [0.2, 0.25) is 5.79 Å². The minimum atomic E-state index is -1.29. The number of fused-ring (bicyclic) bond motifs is 1. The summed E-state index contributed by atoms with van der Waals surface area (Å²) >= 11 is 0. The van der Waals surface area contributed by atoms with Crippen LogP contribution >= 0.6 is 0 Å². The normalized spacial score (nSPS) is 53.4. The van der Waals surface area contributed by atoms with Gasteiger partial charge in [-0.25, -0.2) is 0 Å². The highest BCUT2D eigenvalue weighted by atomic mass is 16.8. The first-order chi connectivity index (χ1) is 16.1. The molecule has 34 heavy (non-hydrogen) atoms. The number of epoxide rings is 1. The Balaban J connectivity index is 1.48. The molecule has 1 aliphatic carbocycles. The van der Waals surface area contributed by atoms with E-state index >= 15 is 0 Å². The summed E-state index contributed by atoms with van der Waals surface area (Å²) in [5.41, 5.74) is 17.1. The lowest BCUT2D eigenvalue weighted by Crippen LogP contribution is -2.69. The highest BCUT2D eigenvalue weighted by molar-refractivity contribution is 5.05. The van der Waals surface area contributed by atoms with Crippen LogP contribution in [0.25, 0.3) is 0 Å². The Morgan fingerprint density at radius 1 is 1.03 bits per heavy atom. The zero-order valence-corrected chi connectivity index (χ0v) is 20.0. The molecule has 4 rings (SSSR count). The van der Waals surface area contributed by atoms with Gasteiger partial charge < -0.3 is 66.8 Å². The number of nitrogens with one attached hydrogen (secondary N) is 2. The largest absolute Gasteiger partial charge is 0.388 e. The Bertz CT molecular complexity index is 706. The van der Waals surface area contributed by atoms with Gasteiger partial charge in [-0.15, -0.1) is 0 Å². The molecule has 1 saturated carbocycles. The summed E-state index contributed by atoms with van der Waals surface area (Å²) in [4.78, 5) is 0. The predicted octanol–water partition coefficient (Wildman–Crippen LogP) is -3.99. The predicted molar refractivity (Wildman–Crippen MR) is 119 cm³/mol. The summed E-state index contributed by atoms with van der Waals surface area (Å²) < 4.78 is 29.4. The van der Waals surface area contributed by atoms with Crippen molar-refractivity contribution in [3.8, 4) is 0 Å². The average Bonchev–Trinajstić information content (AvgIpc) is 3.48. The Morgan fingerprint density at radius 2 is 1.74 bits per heavy atom. The Hall–Kier alpha value is -0.520. The molecule has 0 aromatic carbocycles. The van der Waals surface area contributed by atoms with E-state index in [0.29, 0.717) is 19.4 Å². The molecule has 13 heteroatoms. The first-order valence-electron chi connectivity index (χ1n) is 12.1. The van der Waals surface area contributed by atoms with Crippen LogP contribution in [0, 0.1) is 0 Å². The smallest absolute Gasteiger partial charge is 0.210 e. The molecule has 0 spiro atoms. The number of hydrogen-bond acceptors (Lipinski definition) is 13. The lowest BCUT2D eigenvalue weighted by molar-refractivity contribution is -0.310. The molecule has 3 heterocycles. The zero-order valence-electron chi connectivity index (χ0n) is 20.0. The van der Waals surface area contributed by atoms with Gasteiger partial charge in [-0.3, -0.25) is 0 Å². The molecule has 0 aromatic rings. The monoisotopic (exact) mass is 491 g/mol. The van der Waals surface area contributed by atoms with Crippen LogP contribution < -0.4 is 27.8 Å². The van der Waals surface area contributed by atoms with Gasteiger partial charge in [-0.2, -0.15) is 0 Å². The van der Waals surface area contributed by atoms with Gasteiger partial charge in [0.15, 0.2) is 12.6 Å². The van der Waals surface area contributed by atoms with Crippen LogP contribution in [0.1, 0.15) is 26.7 Å². The van der Waals surface area contributed by atoms with E-state index in [-0.39, 0.29) is 25.3 Å². The van der Waals surface area contributed by atoms with Crippen molar-refractivity contribution < 1.29 is 39.0 Å². The van der Waals surface area contributed by atoms with Gasteiger partial charge in [0, 0.05) is 12.1 Å². The average molecular weight is 492 g/mol. The van der Waals surface area contributed by atoms with E-state index in [1.54, 1.807) is 14.0 Å². The van der Waals surface area contributed by atoms with Crippen molar-refractivity contribution in [3.05, 3.63) is 0 Å². The zero-order chi connectivity index (χ0) is 24.8. The second kappa shape index (κ2) is 10.1. The highest BCUT2D eigenvalue weighted by Crippen LogP contribution is 2.46. The Kier molecular flexibility index (Phi) is 7.88. The fourth-order valence-corrected chi connectivity index (χ4v) is 5.47. The van der Waals surface area contributed by atoms with E-state index < -0.39 is 66.5 Å². The molecular formula is C21H41N5O8. The van der Waals surface area contributed by atoms with Crippen molar-refractivity contribution >= 4 is 0 Å². The molecule has 3 aliphatic heterocycles. The standard InChI is InChI=1S/C21H41N5O8/c1-4-26-11-5-9(23)15(31-18-10(24)6-12-21(7-22,33-12)34-18)13(27)16(11)32-19-14(28)17(25-3)20(2,29)8-30-19/h9-19,25-29H,4-8,22-24H2,1-3H3/t9-,10+,11+,12?,13-,14+,15+,16-,17+,18-,19+,20-,21?/m0/s1. The number of hydrogen-bond donors (Lipinski definition) is 8. The number of rotatable bonds is 8. The minimum absolute atomic E-state index is 0.0541. The number of likely N-dealkylation sites (N-methyl/N-ethyl adjacent to an activating group) is 2. The van der Waals surface area contributed by atoms with E-state index in [9.17, 15) is 15.3 Å². The molecule has 0 bridgehead atoms. The highest BCUT2D eigenvalue weighted by Gasteiger charge is 2.63.